The molecule has 1 aromatic heterocycles. The number of aliphatic hydroxyl groups excluding tert-OH is 1. The van der Waals surface area contributed by atoms with Crippen LogP contribution in [-0.4, -0.2) is 64.3 Å². The zero-order valence-electron chi connectivity index (χ0n) is 27.7. The van der Waals surface area contributed by atoms with Crippen LogP contribution in [0, 0.1) is 0 Å². The van der Waals surface area contributed by atoms with Crippen LogP contribution < -0.4 is 26.8 Å². The van der Waals surface area contributed by atoms with Crippen molar-refractivity contribution < 1.29 is 19.8 Å². The fraction of sp³-hybridized carbons (Fsp3) is 0.256. The van der Waals surface area contributed by atoms with Gasteiger partial charge in [0.2, 0.25) is 11.5 Å². The number of para-hydroxylation sites is 1. The van der Waals surface area contributed by atoms with Crippen LogP contribution in [0.15, 0.2) is 108 Å². The Morgan fingerprint density at radius 2 is 1.60 bits per heavy atom. The molecule has 1 aliphatic heterocycles. The molecule has 0 saturated carbocycles. The number of nitrogens with one attached hydrogen (secondary N) is 5. The fourth-order valence-corrected chi connectivity index (χ4v) is 6.31. The molecule has 1 fully saturated rings. The molecule has 258 valence electrons. The van der Waals surface area contributed by atoms with Crippen LogP contribution in [0.25, 0.3) is 22.0 Å². The minimum Gasteiger partial charge on any atom is -0.506 e. The van der Waals surface area contributed by atoms with Gasteiger partial charge in [0, 0.05) is 67.9 Å². The van der Waals surface area contributed by atoms with Crippen LogP contribution in [-0.2, 0) is 11.3 Å². The second kappa shape index (κ2) is 16.3. The molecular weight excluding hydrogens is 632 g/mol. The Labute approximate surface area is 290 Å². The number of hydrogen-bond donors (Lipinski definition) is 7. The van der Waals surface area contributed by atoms with E-state index in [0.717, 1.165) is 48.3 Å². The number of carbonyl (C=O) groups excluding carboxylic acids is 2. The lowest BCUT2D eigenvalue weighted by molar-refractivity contribution is -0.116. The molecule has 1 aliphatic rings. The number of carbonyl (C=O) groups is 2. The summed E-state index contributed by atoms with van der Waals surface area (Å²) in [6.07, 6.45) is 1.15. The Bertz CT molecular complexity index is 1970. The van der Waals surface area contributed by atoms with Gasteiger partial charge in [-0.2, -0.15) is 0 Å². The van der Waals surface area contributed by atoms with E-state index in [4.69, 9.17) is 0 Å². The summed E-state index contributed by atoms with van der Waals surface area (Å²) >= 11 is 0. The van der Waals surface area contributed by atoms with Crippen molar-refractivity contribution >= 4 is 34.2 Å². The van der Waals surface area contributed by atoms with E-state index in [1.807, 2.05) is 78.9 Å². The summed E-state index contributed by atoms with van der Waals surface area (Å²) in [7, 11) is 0. The van der Waals surface area contributed by atoms with Crippen LogP contribution in [0.5, 0.6) is 5.75 Å². The van der Waals surface area contributed by atoms with E-state index in [2.05, 4.69) is 31.2 Å². The van der Waals surface area contributed by atoms with Crippen LogP contribution in [0.1, 0.15) is 36.5 Å². The molecule has 0 bridgehead atoms. The number of H-pyrrole nitrogens is 1. The van der Waals surface area contributed by atoms with E-state index in [1.54, 1.807) is 12.1 Å². The van der Waals surface area contributed by atoms with Crippen LogP contribution in [0.4, 0.5) is 16.2 Å². The van der Waals surface area contributed by atoms with Crippen molar-refractivity contribution in [2.24, 2.45) is 0 Å². The minimum absolute atomic E-state index is 0.0494. The number of anilines is 2. The molecule has 2 heterocycles. The highest BCUT2D eigenvalue weighted by atomic mass is 16.3. The van der Waals surface area contributed by atoms with E-state index < -0.39 is 6.10 Å². The molecule has 1 atom stereocenters. The van der Waals surface area contributed by atoms with Gasteiger partial charge in [-0.3, -0.25) is 9.59 Å². The van der Waals surface area contributed by atoms with Gasteiger partial charge in [-0.1, -0.05) is 66.7 Å². The van der Waals surface area contributed by atoms with Gasteiger partial charge >= 0.3 is 6.03 Å². The molecule has 0 spiro atoms. The highest BCUT2D eigenvalue weighted by molar-refractivity contribution is 5.94. The molecule has 0 aliphatic carbocycles. The molecule has 6 rings (SSSR count). The second-order valence-electron chi connectivity index (χ2n) is 12.6. The third-order valence-electron chi connectivity index (χ3n) is 9.01. The molecule has 3 amide bonds. The predicted molar refractivity (Wildman–Crippen MR) is 196 cm³/mol. The second-order valence-corrected chi connectivity index (χ2v) is 12.6. The van der Waals surface area contributed by atoms with E-state index in [9.17, 15) is 24.6 Å². The van der Waals surface area contributed by atoms with Gasteiger partial charge in [0.15, 0.2) is 0 Å². The van der Waals surface area contributed by atoms with Gasteiger partial charge in [0.05, 0.1) is 17.3 Å². The normalized spacial score (nSPS) is 14.3. The Morgan fingerprint density at radius 3 is 2.38 bits per heavy atom. The van der Waals surface area contributed by atoms with Crippen molar-refractivity contribution in [2.45, 2.75) is 38.0 Å². The number of phenolic OH excluding ortho intramolecular Hbond substituents is 1. The summed E-state index contributed by atoms with van der Waals surface area (Å²) in [5, 5.41) is 33.8. The number of nitrogens with zero attached hydrogens (tertiary/aromatic N) is 1. The van der Waals surface area contributed by atoms with E-state index in [-0.39, 0.29) is 35.8 Å². The van der Waals surface area contributed by atoms with Gasteiger partial charge in [0.1, 0.15) is 5.75 Å². The van der Waals surface area contributed by atoms with Crippen molar-refractivity contribution in [1.82, 2.24) is 20.5 Å². The zero-order valence-corrected chi connectivity index (χ0v) is 27.7. The number of benzene rings is 4. The molecular formula is C39H42N6O5. The number of phenols is 1. The smallest absolute Gasteiger partial charge is 0.319 e. The van der Waals surface area contributed by atoms with Gasteiger partial charge in [-0.25, -0.2) is 4.79 Å². The first-order valence-electron chi connectivity index (χ1n) is 16.9. The molecule has 4 aromatic carbocycles. The number of aliphatic hydroxyl groups is 1. The lowest BCUT2D eigenvalue weighted by Gasteiger charge is -2.32. The van der Waals surface area contributed by atoms with Gasteiger partial charge in [-0.15, -0.1) is 0 Å². The Balaban J connectivity index is 0.886. The zero-order chi connectivity index (χ0) is 34.9. The Morgan fingerprint density at radius 1 is 0.860 bits per heavy atom. The number of aromatic amines is 1. The van der Waals surface area contributed by atoms with Crippen LogP contribution >= 0.6 is 0 Å². The lowest BCUT2D eigenvalue weighted by Crippen LogP contribution is -2.46. The average Bonchev–Trinajstić information content (AvgIpc) is 3.13. The largest absolute Gasteiger partial charge is 0.506 e. The Hall–Kier alpha value is -5.49. The average molecular weight is 675 g/mol. The maximum atomic E-state index is 12.8. The van der Waals surface area contributed by atoms with Gasteiger partial charge in [0.25, 0.3) is 0 Å². The Kier molecular flexibility index (Phi) is 11.2. The number of likely N-dealkylation sites (tertiary alicyclic amines) is 1. The van der Waals surface area contributed by atoms with Gasteiger partial charge in [-0.05, 0) is 59.9 Å². The number of aromatic hydroxyl groups is 1. The lowest BCUT2D eigenvalue weighted by atomic mass is 10.0. The summed E-state index contributed by atoms with van der Waals surface area (Å²) in [5.41, 5.74) is 5.06. The summed E-state index contributed by atoms with van der Waals surface area (Å²) in [4.78, 5) is 42.0. The first-order valence-corrected chi connectivity index (χ1v) is 16.9. The number of fused-ring (bicyclic) bond motifs is 1. The molecule has 5 aromatic rings. The molecule has 7 N–H and O–H groups in total. The molecule has 11 nitrogen and oxygen atoms in total. The monoisotopic (exact) mass is 674 g/mol. The highest BCUT2D eigenvalue weighted by Gasteiger charge is 2.22. The van der Waals surface area contributed by atoms with Crippen LogP contribution in [0.2, 0.25) is 0 Å². The predicted octanol–water partition coefficient (Wildman–Crippen LogP) is 5.34. The summed E-state index contributed by atoms with van der Waals surface area (Å²) < 4.78 is 0. The van der Waals surface area contributed by atoms with Crippen molar-refractivity contribution in [3.63, 3.8) is 0 Å². The number of rotatable bonds is 12. The third-order valence-corrected chi connectivity index (χ3v) is 9.01. The van der Waals surface area contributed by atoms with E-state index >= 15 is 0 Å². The van der Waals surface area contributed by atoms with Crippen molar-refractivity contribution in [1.29, 1.82) is 0 Å². The SMILES string of the molecule is O=C(CCN1CCC(NC(=O)Nc2ccccc2-c2ccccc2)CC1)Nc1ccc(CNC[C@@H](O)c2ccc(O)c3[nH]c(=O)ccc23)cc1. The van der Waals surface area contributed by atoms with Crippen LogP contribution in [0.3, 0.4) is 0 Å². The first-order chi connectivity index (χ1) is 24.3. The molecule has 1 saturated heterocycles. The maximum Gasteiger partial charge on any atom is 0.319 e. The summed E-state index contributed by atoms with van der Waals surface area (Å²) in [6, 6.07) is 31.2. The van der Waals surface area contributed by atoms with Crippen molar-refractivity contribution in [2.75, 3.05) is 36.8 Å². The highest BCUT2D eigenvalue weighted by Crippen LogP contribution is 2.29. The number of pyridine rings is 1. The van der Waals surface area contributed by atoms with E-state index in [1.165, 1.54) is 12.1 Å². The van der Waals surface area contributed by atoms with Gasteiger partial charge < -0.3 is 41.4 Å². The number of aromatic nitrogens is 1. The third kappa shape index (κ3) is 8.94. The quantitative estimate of drug-likeness (QED) is 0.0942. The van der Waals surface area contributed by atoms with Crippen molar-refractivity contribution in [3.8, 4) is 16.9 Å². The van der Waals surface area contributed by atoms with E-state index in [0.29, 0.717) is 41.7 Å². The number of urea groups is 1. The number of amides is 3. The van der Waals surface area contributed by atoms with Crippen molar-refractivity contribution in [3.05, 3.63) is 125 Å². The molecule has 0 unspecified atom stereocenters. The molecule has 0 radical (unpaired) electrons. The number of piperidine rings is 1. The topological polar surface area (TPSA) is 159 Å². The fourth-order valence-electron chi connectivity index (χ4n) is 6.31. The maximum absolute atomic E-state index is 12.8. The summed E-state index contributed by atoms with van der Waals surface area (Å²) in [5.74, 6) is -0.107. The first kappa shape index (κ1) is 34.4. The molecule has 11 heteroatoms. The summed E-state index contributed by atoms with van der Waals surface area (Å²) in [6.45, 7) is 3.02. The molecule has 50 heavy (non-hydrogen) atoms. The minimum atomic E-state index is -0.850. The standard InChI is InChI=1S/C39H42N6O5/c46-34-16-14-31(32-15-17-36(48)44-38(32)34)35(47)25-40-24-26-10-12-28(13-11-26)41-37(49)20-23-45-21-18-29(19-22-45)42-39(50)43-33-9-5-4-8-30(33)27-6-2-1-3-7-27/h1-17,29,35,40,46-47H,18-25H2,(H,41,49)(H,44,48)(H2,42,43,50)/t35-/m1/s1. The number of hydrogen-bond acceptors (Lipinski definition) is 7.